The molecule has 0 spiro atoms. The van der Waals surface area contributed by atoms with Crippen molar-refractivity contribution in [2.24, 2.45) is 0 Å². The summed E-state index contributed by atoms with van der Waals surface area (Å²) in [7, 11) is 0. The van der Waals surface area contributed by atoms with E-state index in [2.05, 4.69) is 5.32 Å². The van der Waals surface area contributed by atoms with Gasteiger partial charge in [0.05, 0.1) is 5.02 Å². The fourth-order valence-electron chi connectivity index (χ4n) is 1.33. The van der Waals surface area contributed by atoms with Crippen LogP contribution in [0.1, 0.15) is 12.5 Å². The molecule has 0 radical (unpaired) electrons. The summed E-state index contributed by atoms with van der Waals surface area (Å²) in [6.45, 7) is 3.94. The largest absolute Gasteiger partial charge is 0.488 e. The molecule has 0 aliphatic carbocycles. The van der Waals surface area contributed by atoms with Crippen LogP contribution in [-0.4, -0.2) is 13.2 Å². The lowest BCUT2D eigenvalue weighted by molar-refractivity contribution is 0.358. The quantitative estimate of drug-likeness (QED) is 0.847. The van der Waals surface area contributed by atoms with E-state index in [9.17, 15) is 0 Å². The molecule has 0 saturated carbocycles. The summed E-state index contributed by atoms with van der Waals surface area (Å²) in [5, 5.41) is 4.32. The molecule has 17 heavy (non-hydrogen) atoms. The summed E-state index contributed by atoms with van der Waals surface area (Å²) in [6, 6.07) is 3.51. The molecule has 0 amide bonds. The van der Waals surface area contributed by atoms with Crippen molar-refractivity contribution in [3.63, 3.8) is 0 Å². The van der Waals surface area contributed by atoms with Gasteiger partial charge in [0.2, 0.25) is 0 Å². The maximum absolute atomic E-state index is 6.10. The molecule has 0 bridgehead atoms. The number of rotatable bonds is 6. The van der Waals surface area contributed by atoms with Crippen LogP contribution in [0.4, 0.5) is 0 Å². The van der Waals surface area contributed by atoms with Crippen LogP contribution in [0.15, 0.2) is 23.7 Å². The van der Waals surface area contributed by atoms with Crippen LogP contribution < -0.4 is 10.1 Å². The fourth-order valence-corrected chi connectivity index (χ4v) is 2.00. The fraction of sp³-hybridized carbons (Fsp3) is 0.333. The third-order valence-electron chi connectivity index (χ3n) is 2.06. The zero-order valence-electron chi connectivity index (χ0n) is 9.47. The Morgan fingerprint density at radius 3 is 2.76 bits per heavy atom. The van der Waals surface area contributed by atoms with Crippen molar-refractivity contribution < 1.29 is 4.74 Å². The highest BCUT2D eigenvalue weighted by atomic mass is 35.5. The van der Waals surface area contributed by atoms with Gasteiger partial charge in [-0.2, -0.15) is 0 Å². The predicted molar refractivity (Wildman–Crippen MR) is 74.3 cm³/mol. The number of benzene rings is 1. The van der Waals surface area contributed by atoms with Gasteiger partial charge in [-0.1, -0.05) is 41.7 Å². The van der Waals surface area contributed by atoms with Crippen molar-refractivity contribution in [2.45, 2.75) is 13.5 Å². The second-order valence-corrected chi connectivity index (χ2v) is 4.42. The first kappa shape index (κ1) is 14.7. The molecule has 0 aliphatic heterocycles. The Morgan fingerprint density at radius 1 is 1.35 bits per heavy atom. The van der Waals surface area contributed by atoms with E-state index in [0.29, 0.717) is 28.9 Å². The summed E-state index contributed by atoms with van der Waals surface area (Å²) in [4.78, 5) is 0. The van der Waals surface area contributed by atoms with E-state index in [1.54, 1.807) is 12.1 Å². The van der Waals surface area contributed by atoms with E-state index >= 15 is 0 Å². The van der Waals surface area contributed by atoms with E-state index in [1.165, 1.54) is 5.54 Å². The van der Waals surface area contributed by atoms with Gasteiger partial charge < -0.3 is 10.1 Å². The van der Waals surface area contributed by atoms with E-state index in [0.717, 1.165) is 12.1 Å². The molecule has 0 heterocycles. The minimum atomic E-state index is 0.379. The van der Waals surface area contributed by atoms with Gasteiger partial charge in [-0.05, 0) is 24.8 Å². The van der Waals surface area contributed by atoms with E-state index < -0.39 is 0 Å². The zero-order valence-corrected chi connectivity index (χ0v) is 11.7. The highest BCUT2D eigenvalue weighted by Crippen LogP contribution is 2.32. The van der Waals surface area contributed by atoms with Crippen molar-refractivity contribution in [3.05, 3.63) is 39.4 Å². The lowest BCUT2D eigenvalue weighted by Crippen LogP contribution is -2.13. The van der Waals surface area contributed by atoms with Crippen LogP contribution >= 0.6 is 34.8 Å². The third-order valence-corrected chi connectivity index (χ3v) is 2.74. The summed E-state index contributed by atoms with van der Waals surface area (Å²) in [6.07, 6.45) is 1.70. The lowest BCUT2D eigenvalue weighted by atomic mass is 10.2. The zero-order chi connectivity index (χ0) is 12.7. The first-order valence-electron chi connectivity index (χ1n) is 5.25. The average molecular weight is 295 g/mol. The molecule has 1 aromatic rings. The average Bonchev–Trinajstić information content (AvgIpc) is 2.29. The van der Waals surface area contributed by atoms with Crippen LogP contribution in [0.25, 0.3) is 0 Å². The second-order valence-electron chi connectivity index (χ2n) is 3.33. The smallest absolute Gasteiger partial charge is 0.142 e. The Balaban J connectivity index is 2.89. The Bertz CT molecular complexity index is 394. The third kappa shape index (κ3) is 4.76. The predicted octanol–water partition coefficient (Wildman–Crippen LogP) is 4.23. The molecule has 0 unspecified atom stereocenters. The van der Waals surface area contributed by atoms with E-state index in [1.807, 2.05) is 13.0 Å². The molecule has 0 saturated heterocycles. The molecular weight excluding hydrogens is 280 g/mol. The van der Waals surface area contributed by atoms with E-state index in [-0.39, 0.29) is 0 Å². The Labute approximate surface area is 117 Å². The molecule has 2 nitrogen and oxygen atoms in total. The Morgan fingerprint density at radius 2 is 2.12 bits per heavy atom. The van der Waals surface area contributed by atoms with Crippen molar-refractivity contribution in [3.8, 4) is 5.75 Å². The van der Waals surface area contributed by atoms with Crippen molar-refractivity contribution >= 4 is 34.8 Å². The highest BCUT2D eigenvalue weighted by molar-refractivity contribution is 6.35. The number of ether oxygens (including phenoxy) is 1. The van der Waals surface area contributed by atoms with Crippen LogP contribution in [0, 0.1) is 0 Å². The van der Waals surface area contributed by atoms with Crippen molar-refractivity contribution in [1.82, 2.24) is 5.32 Å². The first-order chi connectivity index (χ1) is 8.19. The molecule has 1 N–H and O–H groups in total. The minimum Gasteiger partial charge on any atom is -0.488 e. The maximum Gasteiger partial charge on any atom is 0.142 e. The van der Waals surface area contributed by atoms with Gasteiger partial charge in [0.1, 0.15) is 12.4 Å². The van der Waals surface area contributed by atoms with E-state index in [4.69, 9.17) is 39.5 Å². The molecule has 1 rings (SSSR count). The van der Waals surface area contributed by atoms with Crippen LogP contribution in [0.5, 0.6) is 5.75 Å². The number of halogens is 3. The number of hydrogen-bond acceptors (Lipinski definition) is 2. The maximum atomic E-state index is 6.10. The normalized spacial score (nSPS) is 11.1. The molecule has 0 aromatic heterocycles. The SMILES string of the molecule is CCNCc1cc(Cl)cc(Cl)c1OC/C=C/Cl. The van der Waals surface area contributed by atoms with Gasteiger partial charge in [-0.15, -0.1) is 0 Å². The molecule has 0 atom stereocenters. The Kier molecular flexibility index (Phi) is 6.75. The molecule has 0 fully saturated rings. The van der Waals surface area contributed by atoms with Gasteiger partial charge in [-0.25, -0.2) is 0 Å². The molecule has 1 aromatic carbocycles. The molecule has 5 heteroatoms. The van der Waals surface area contributed by atoms with Crippen LogP contribution in [0.3, 0.4) is 0 Å². The summed E-state index contributed by atoms with van der Waals surface area (Å²) in [5.74, 6) is 0.645. The van der Waals surface area contributed by atoms with Crippen LogP contribution in [-0.2, 0) is 6.54 Å². The summed E-state index contributed by atoms with van der Waals surface area (Å²) < 4.78 is 5.56. The molecule has 0 aliphatic rings. The van der Waals surface area contributed by atoms with Gasteiger partial charge in [0.25, 0.3) is 0 Å². The molecular formula is C12H14Cl3NO. The van der Waals surface area contributed by atoms with Crippen LogP contribution in [0.2, 0.25) is 10.0 Å². The Hall–Kier alpha value is -0.410. The number of hydrogen-bond donors (Lipinski definition) is 1. The van der Waals surface area contributed by atoms with Crippen molar-refractivity contribution in [1.29, 1.82) is 0 Å². The molecule has 94 valence electrons. The minimum absolute atomic E-state index is 0.379. The second kappa shape index (κ2) is 7.83. The van der Waals surface area contributed by atoms with Gasteiger partial charge in [0, 0.05) is 22.7 Å². The first-order valence-corrected chi connectivity index (χ1v) is 6.45. The number of nitrogens with one attached hydrogen (secondary N) is 1. The van der Waals surface area contributed by atoms with Crippen molar-refractivity contribution in [2.75, 3.05) is 13.2 Å². The van der Waals surface area contributed by atoms with Gasteiger partial charge >= 0.3 is 0 Å². The van der Waals surface area contributed by atoms with Gasteiger partial charge in [0.15, 0.2) is 0 Å². The lowest BCUT2D eigenvalue weighted by Gasteiger charge is -2.13. The van der Waals surface area contributed by atoms with Gasteiger partial charge in [-0.3, -0.25) is 0 Å². The topological polar surface area (TPSA) is 21.3 Å². The monoisotopic (exact) mass is 293 g/mol. The summed E-state index contributed by atoms with van der Waals surface area (Å²) >= 11 is 17.5. The highest BCUT2D eigenvalue weighted by Gasteiger charge is 2.09. The standard InChI is InChI=1S/C12H14Cl3NO/c1-2-16-8-9-6-10(14)7-11(15)12(9)17-5-3-4-13/h3-4,6-7,16H,2,5,8H2,1H3/b4-3+. The summed E-state index contributed by atoms with van der Waals surface area (Å²) in [5.41, 5.74) is 2.35.